The first-order valence-electron chi connectivity index (χ1n) is 8.22. The van der Waals surface area contributed by atoms with Crippen molar-refractivity contribution in [1.82, 2.24) is 9.21 Å². The molecule has 0 spiro atoms. The summed E-state index contributed by atoms with van der Waals surface area (Å²) in [5.74, 6) is 1.23. The summed E-state index contributed by atoms with van der Waals surface area (Å²) < 4.78 is 60.8. The van der Waals surface area contributed by atoms with Gasteiger partial charge in [-0.1, -0.05) is 6.92 Å². The van der Waals surface area contributed by atoms with Crippen LogP contribution in [0.4, 0.5) is 13.2 Å². The van der Waals surface area contributed by atoms with Gasteiger partial charge in [0.2, 0.25) is 0 Å². The zero-order valence-electron chi connectivity index (χ0n) is 13.8. The summed E-state index contributed by atoms with van der Waals surface area (Å²) in [6, 6.07) is 0. The number of sulfonamides is 1. The van der Waals surface area contributed by atoms with Crippen LogP contribution in [0.5, 0.6) is 0 Å². The molecule has 10 heteroatoms. The molecular weight excluding hydrogens is 345 g/mol. The SMILES string of the molecule is CC1CCN(C(N)=NCC2CCN(S(=O)(=O)C(F)(F)F)CC2)CC1. The van der Waals surface area contributed by atoms with Crippen molar-refractivity contribution in [3.8, 4) is 0 Å². The minimum atomic E-state index is -5.23. The fraction of sp³-hybridized carbons (Fsp3) is 0.929. The van der Waals surface area contributed by atoms with Crippen molar-refractivity contribution in [3.63, 3.8) is 0 Å². The van der Waals surface area contributed by atoms with E-state index >= 15 is 0 Å². The molecule has 6 nitrogen and oxygen atoms in total. The minimum absolute atomic E-state index is 0.0620. The van der Waals surface area contributed by atoms with Crippen molar-refractivity contribution >= 4 is 16.0 Å². The Bertz CT molecular complexity index is 549. The molecule has 0 aliphatic carbocycles. The molecule has 2 heterocycles. The Morgan fingerprint density at radius 2 is 1.67 bits per heavy atom. The molecule has 2 aliphatic heterocycles. The Kier molecular flexibility index (Phi) is 6.00. The monoisotopic (exact) mass is 370 g/mol. The molecule has 0 aromatic heterocycles. The predicted molar refractivity (Wildman–Crippen MR) is 85.7 cm³/mol. The van der Waals surface area contributed by atoms with Crippen LogP contribution in [-0.4, -0.2) is 61.8 Å². The molecule has 2 aliphatic rings. The van der Waals surface area contributed by atoms with Gasteiger partial charge in [0.05, 0.1) is 0 Å². The third kappa shape index (κ3) is 4.53. The number of guanidine groups is 1. The average Bonchev–Trinajstić information content (AvgIpc) is 2.52. The van der Waals surface area contributed by atoms with Crippen LogP contribution in [0.15, 0.2) is 4.99 Å². The van der Waals surface area contributed by atoms with Crippen LogP contribution in [0.1, 0.15) is 32.6 Å². The fourth-order valence-corrected chi connectivity index (χ4v) is 4.02. The number of piperidine rings is 2. The minimum Gasteiger partial charge on any atom is -0.370 e. The number of nitrogens with zero attached hydrogens (tertiary/aromatic N) is 3. The summed E-state index contributed by atoms with van der Waals surface area (Å²) in [4.78, 5) is 6.39. The van der Waals surface area contributed by atoms with Crippen molar-refractivity contribution in [2.75, 3.05) is 32.7 Å². The molecule has 140 valence electrons. The second kappa shape index (κ2) is 7.47. The van der Waals surface area contributed by atoms with E-state index in [0.717, 1.165) is 25.9 Å². The maximum Gasteiger partial charge on any atom is 0.511 e. The molecule has 0 unspecified atom stereocenters. The van der Waals surface area contributed by atoms with E-state index in [2.05, 4.69) is 11.9 Å². The molecule has 0 aromatic rings. The topological polar surface area (TPSA) is 79.0 Å². The Hall–Kier alpha value is -1.03. The Balaban J connectivity index is 1.82. The van der Waals surface area contributed by atoms with Crippen molar-refractivity contribution in [1.29, 1.82) is 0 Å². The van der Waals surface area contributed by atoms with E-state index in [1.54, 1.807) is 0 Å². The number of hydrogen-bond acceptors (Lipinski definition) is 3. The van der Waals surface area contributed by atoms with Crippen LogP contribution >= 0.6 is 0 Å². The van der Waals surface area contributed by atoms with Gasteiger partial charge in [-0.3, -0.25) is 4.99 Å². The molecule has 0 atom stereocenters. The van der Waals surface area contributed by atoms with Gasteiger partial charge in [-0.2, -0.15) is 17.5 Å². The van der Waals surface area contributed by atoms with Gasteiger partial charge in [-0.05, 0) is 37.5 Å². The van der Waals surface area contributed by atoms with E-state index in [0.29, 0.717) is 35.6 Å². The number of aliphatic imine (C=N–C) groups is 1. The zero-order chi connectivity index (χ0) is 18.0. The summed E-state index contributed by atoms with van der Waals surface area (Å²) in [6.45, 7) is 4.13. The number of halogens is 3. The zero-order valence-corrected chi connectivity index (χ0v) is 14.6. The van der Waals surface area contributed by atoms with Gasteiger partial charge in [0.25, 0.3) is 0 Å². The standard InChI is InChI=1S/C14H25F3N4O2S/c1-11-2-6-20(7-3-11)13(18)19-10-12-4-8-21(9-5-12)24(22,23)14(15,16)17/h11-12H,2-10H2,1H3,(H2,18,19). The van der Waals surface area contributed by atoms with Gasteiger partial charge in [-0.15, -0.1) is 0 Å². The highest BCUT2D eigenvalue weighted by Gasteiger charge is 2.50. The smallest absolute Gasteiger partial charge is 0.370 e. The molecule has 2 saturated heterocycles. The maximum absolute atomic E-state index is 12.5. The summed E-state index contributed by atoms with van der Waals surface area (Å²) >= 11 is 0. The molecule has 24 heavy (non-hydrogen) atoms. The lowest BCUT2D eigenvalue weighted by Crippen LogP contribution is -2.45. The van der Waals surface area contributed by atoms with Gasteiger partial charge in [0.15, 0.2) is 5.96 Å². The van der Waals surface area contributed by atoms with E-state index in [1.165, 1.54) is 0 Å². The van der Waals surface area contributed by atoms with Gasteiger partial charge in [0, 0.05) is 32.7 Å². The molecule has 0 saturated carbocycles. The summed E-state index contributed by atoms with van der Waals surface area (Å²) in [6.07, 6.45) is 2.88. The first-order chi connectivity index (χ1) is 11.1. The Morgan fingerprint density at radius 1 is 1.12 bits per heavy atom. The van der Waals surface area contributed by atoms with Crippen molar-refractivity contribution in [2.45, 2.75) is 38.1 Å². The van der Waals surface area contributed by atoms with E-state index in [9.17, 15) is 21.6 Å². The van der Waals surface area contributed by atoms with Crippen LogP contribution in [0, 0.1) is 11.8 Å². The highest BCUT2D eigenvalue weighted by atomic mass is 32.2. The number of likely N-dealkylation sites (tertiary alicyclic amines) is 1. The van der Waals surface area contributed by atoms with Gasteiger partial charge in [0.1, 0.15) is 0 Å². The molecule has 2 fully saturated rings. The quantitative estimate of drug-likeness (QED) is 0.604. The molecular formula is C14H25F3N4O2S. The number of rotatable bonds is 3. The van der Waals surface area contributed by atoms with Crippen LogP contribution in [0.25, 0.3) is 0 Å². The number of hydrogen-bond donors (Lipinski definition) is 1. The Labute approximate surface area is 140 Å². The lowest BCUT2D eigenvalue weighted by molar-refractivity contribution is -0.0496. The third-order valence-electron chi connectivity index (χ3n) is 4.83. The van der Waals surface area contributed by atoms with Crippen LogP contribution in [0.3, 0.4) is 0 Å². The first-order valence-corrected chi connectivity index (χ1v) is 9.66. The van der Waals surface area contributed by atoms with Crippen molar-refractivity contribution < 1.29 is 21.6 Å². The van der Waals surface area contributed by atoms with Crippen LogP contribution < -0.4 is 5.73 Å². The average molecular weight is 370 g/mol. The highest BCUT2D eigenvalue weighted by Crippen LogP contribution is 2.30. The van der Waals surface area contributed by atoms with Gasteiger partial charge in [-0.25, -0.2) is 8.42 Å². The largest absolute Gasteiger partial charge is 0.511 e. The first kappa shape index (κ1) is 19.3. The van der Waals surface area contributed by atoms with Crippen LogP contribution in [0.2, 0.25) is 0 Å². The molecule has 0 bridgehead atoms. The second-order valence-electron chi connectivity index (χ2n) is 6.66. The van der Waals surface area contributed by atoms with Crippen molar-refractivity contribution in [2.24, 2.45) is 22.6 Å². The van der Waals surface area contributed by atoms with Gasteiger partial charge < -0.3 is 10.6 Å². The summed E-state index contributed by atoms with van der Waals surface area (Å²) in [5.41, 5.74) is 0.757. The third-order valence-corrected chi connectivity index (χ3v) is 6.45. The molecule has 2 rings (SSSR count). The van der Waals surface area contributed by atoms with E-state index in [4.69, 9.17) is 5.73 Å². The maximum atomic E-state index is 12.5. The number of alkyl halides is 3. The van der Waals surface area contributed by atoms with E-state index in [-0.39, 0.29) is 19.0 Å². The van der Waals surface area contributed by atoms with E-state index < -0.39 is 15.5 Å². The Morgan fingerprint density at radius 3 is 2.17 bits per heavy atom. The summed E-state index contributed by atoms with van der Waals surface area (Å²) in [7, 11) is -5.21. The number of nitrogens with two attached hydrogens (primary N) is 1. The molecule has 0 radical (unpaired) electrons. The fourth-order valence-electron chi connectivity index (χ4n) is 3.04. The lowest BCUT2D eigenvalue weighted by Gasteiger charge is -2.32. The summed E-state index contributed by atoms with van der Waals surface area (Å²) in [5, 5.41) is 0. The van der Waals surface area contributed by atoms with Gasteiger partial charge >= 0.3 is 15.5 Å². The predicted octanol–water partition coefficient (Wildman–Crippen LogP) is 1.59. The van der Waals surface area contributed by atoms with Crippen LogP contribution in [-0.2, 0) is 10.0 Å². The van der Waals surface area contributed by atoms with Crippen molar-refractivity contribution in [3.05, 3.63) is 0 Å². The molecule has 0 aromatic carbocycles. The second-order valence-corrected chi connectivity index (χ2v) is 8.59. The highest BCUT2D eigenvalue weighted by molar-refractivity contribution is 7.90. The molecule has 0 amide bonds. The van der Waals surface area contributed by atoms with E-state index in [1.807, 2.05) is 4.90 Å². The molecule has 2 N–H and O–H groups in total. The normalized spacial score (nSPS) is 23.7. The lowest BCUT2D eigenvalue weighted by atomic mass is 9.98.